The number of aromatic nitrogens is 1. The molecule has 1 saturated heterocycles. The maximum absolute atomic E-state index is 11.9. The minimum absolute atomic E-state index is 0.0879. The largest absolute Gasteiger partial charge is 0.478 e. The molecule has 6 nitrogen and oxygen atoms in total. The number of nitrogens with zero attached hydrogens (tertiary/aromatic N) is 1. The highest BCUT2D eigenvalue weighted by molar-refractivity contribution is 6.05. The Labute approximate surface area is 191 Å². The van der Waals surface area contributed by atoms with Crippen LogP contribution in [0.5, 0.6) is 0 Å². The lowest BCUT2D eigenvalue weighted by Crippen LogP contribution is -2.58. The van der Waals surface area contributed by atoms with Gasteiger partial charge in [-0.15, -0.1) is 0 Å². The number of carboxylic acid groups (broad SMARTS) is 1. The SMILES string of the molecule is CCC1[C@@H](Cc2nc3c(C(=O)O)c(NC)ccc3o2)C(C)CCC12O[C@H](C)[C@H](C)C[C@H]2C. The van der Waals surface area contributed by atoms with E-state index in [0.717, 1.165) is 19.3 Å². The molecule has 2 heterocycles. The third-order valence-corrected chi connectivity index (χ3v) is 8.57. The Morgan fingerprint density at radius 3 is 2.66 bits per heavy atom. The number of hydrogen-bond acceptors (Lipinski definition) is 5. The van der Waals surface area contributed by atoms with Crippen molar-refractivity contribution in [2.75, 3.05) is 12.4 Å². The molecule has 1 aliphatic heterocycles. The first-order valence-corrected chi connectivity index (χ1v) is 12.2. The lowest BCUT2D eigenvalue weighted by molar-refractivity contribution is -0.231. The van der Waals surface area contributed by atoms with Crippen LogP contribution in [0, 0.1) is 29.6 Å². The molecule has 1 saturated carbocycles. The third kappa shape index (κ3) is 3.70. The van der Waals surface area contributed by atoms with Gasteiger partial charge in [-0.25, -0.2) is 9.78 Å². The topological polar surface area (TPSA) is 84.6 Å². The Morgan fingerprint density at radius 2 is 2.00 bits per heavy atom. The van der Waals surface area contributed by atoms with E-state index >= 15 is 0 Å². The summed E-state index contributed by atoms with van der Waals surface area (Å²) in [5, 5.41) is 12.7. The highest BCUT2D eigenvalue weighted by Gasteiger charge is 2.54. The van der Waals surface area contributed by atoms with Crippen LogP contribution in [-0.2, 0) is 11.2 Å². The predicted molar refractivity (Wildman–Crippen MR) is 126 cm³/mol. The molecule has 3 unspecified atom stereocenters. The van der Waals surface area contributed by atoms with Crippen LogP contribution in [0.4, 0.5) is 5.69 Å². The fraction of sp³-hybridized carbons (Fsp3) is 0.692. The van der Waals surface area contributed by atoms with Gasteiger partial charge in [0.2, 0.25) is 0 Å². The summed E-state index contributed by atoms with van der Waals surface area (Å²) in [6.45, 7) is 11.5. The molecule has 2 aromatic rings. The first-order valence-electron chi connectivity index (χ1n) is 12.2. The van der Waals surface area contributed by atoms with Crippen molar-refractivity contribution in [1.82, 2.24) is 4.98 Å². The lowest BCUT2D eigenvalue weighted by atomic mass is 9.57. The summed E-state index contributed by atoms with van der Waals surface area (Å²) in [6.07, 6.45) is 5.50. The van der Waals surface area contributed by atoms with Crippen molar-refractivity contribution in [3.63, 3.8) is 0 Å². The predicted octanol–water partition coefficient (Wildman–Crippen LogP) is 6.00. The second-order valence-electron chi connectivity index (χ2n) is 10.3. The molecule has 2 aliphatic rings. The molecular formula is C26H38N2O4. The normalized spacial score (nSPS) is 35.3. The summed E-state index contributed by atoms with van der Waals surface area (Å²) < 4.78 is 13.0. The first-order chi connectivity index (χ1) is 15.2. The summed E-state index contributed by atoms with van der Waals surface area (Å²) >= 11 is 0. The van der Waals surface area contributed by atoms with Crippen molar-refractivity contribution in [3.05, 3.63) is 23.6 Å². The summed E-state index contributed by atoms with van der Waals surface area (Å²) in [4.78, 5) is 16.6. The van der Waals surface area contributed by atoms with Crippen LogP contribution < -0.4 is 5.32 Å². The van der Waals surface area contributed by atoms with Gasteiger partial charge >= 0.3 is 5.97 Å². The number of benzene rings is 1. The van der Waals surface area contributed by atoms with Gasteiger partial charge in [-0.2, -0.15) is 0 Å². The van der Waals surface area contributed by atoms with Crippen LogP contribution >= 0.6 is 0 Å². The molecule has 7 atom stereocenters. The quantitative estimate of drug-likeness (QED) is 0.590. The van der Waals surface area contributed by atoms with Crippen molar-refractivity contribution in [3.8, 4) is 0 Å². The Balaban J connectivity index is 1.69. The molecule has 1 aliphatic carbocycles. The van der Waals surface area contributed by atoms with Gasteiger partial charge in [-0.05, 0) is 67.9 Å². The van der Waals surface area contributed by atoms with Gasteiger partial charge in [0.05, 0.1) is 17.4 Å². The number of hydrogen-bond donors (Lipinski definition) is 2. The first kappa shape index (κ1) is 23.1. The number of nitrogens with one attached hydrogen (secondary N) is 1. The van der Waals surface area contributed by atoms with Gasteiger partial charge in [0.1, 0.15) is 11.1 Å². The number of carbonyl (C=O) groups is 1. The molecule has 4 rings (SSSR count). The van der Waals surface area contributed by atoms with E-state index < -0.39 is 5.97 Å². The monoisotopic (exact) mass is 442 g/mol. The molecular weight excluding hydrogens is 404 g/mol. The Hall–Kier alpha value is -2.08. The minimum atomic E-state index is -0.997. The van der Waals surface area contributed by atoms with E-state index in [4.69, 9.17) is 14.1 Å². The van der Waals surface area contributed by atoms with Crippen LogP contribution in [0.2, 0.25) is 0 Å². The van der Waals surface area contributed by atoms with E-state index in [0.29, 0.717) is 58.7 Å². The van der Waals surface area contributed by atoms with Crippen LogP contribution in [-0.4, -0.2) is 34.8 Å². The number of fused-ring (bicyclic) bond motifs is 1. The Morgan fingerprint density at radius 1 is 1.25 bits per heavy atom. The molecule has 1 aromatic heterocycles. The van der Waals surface area contributed by atoms with Gasteiger partial charge in [0.15, 0.2) is 11.5 Å². The molecule has 176 valence electrons. The van der Waals surface area contributed by atoms with E-state index in [1.54, 1.807) is 13.1 Å². The molecule has 0 bridgehead atoms. The minimum Gasteiger partial charge on any atom is -0.478 e. The van der Waals surface area contributed by atoms with Gasteiger partial charge in [0.25, 0.3) is 0 Å². The van der Waals surface area contributed by atoms with Gasteiger partial charge in [-0.3, -0.25) is 0 Å². The fourth-order valence-corrected chi connectivity index (χ4v) is 6.64. The summed E-state index contributed by atoms with van der Waals surface area (Å²) in [6, 6.07) is 3.55. The molecule has 6 heteroatoms. The highest BCUT2D eigenvalue weighted by Crippen LogP contribution is 2.54. The number of aromatic carboxylic acids is 1. The van der Waals surface area contributed by atoms with Crippen molar-refractivity contribution in [2.24, 2.45) is 29.6 Å². The summed E-state index contributed by atoms with van der Waals surface area (Å²) in [7, 11) is 1.72. The molecule has 32 heavy (non-hydrogen) atoms. The van der Waals surface area contributed by atoms with E-state index in [2.05, 4.69) is 39.9 Å². The van der Waals surface area contributed by atoms with Crippen molar-refractivity contribution < 1.29 is 19.1 Å². The number of oxazole rings is 1. The van der Waals surface area contributed by atoms with Crippen molar-refractivity contribution in [1.29, 1.82) is 0 Å². The van der Waals surface area contributed by atoms with E-state index in [-0.39, 0.29) is 17.3 Å². The van der Waals surface area contributed by atoms with Gasteiger partial charge < -0.3 is 19.6 Å². The van der Waals surface area contributed by atoms with Gasteiger partial charge in [-0.1, -0.05) is 34.1 Å². The average Bonchev–Trinajstić information content (AvgIpc) is 3.16. The zero-order chi connectivity index (χ0) is 23.2. The van der Waals surface area contributed by atoms with Crippen molar-refractivity contribution in [2.45, 2.75) is 78.4 Å². The van der Waals surface area contributed by atoms with Crippen LogP contribution in [0.3, 0.4) is 0 Å². The van der Waals surface area contributed by atoms with E-state index in [1.807, 2.05) is 6.07 Å². The second-order valence-corrected chi connectivity index (χ2v) is 10.3. The maximum atomic E-state index is 11.9. The second kappa shape index (κ2) is 8.69. The van der Waals surface area contributed by atoms with E-state index in [1.165, 1.54) is 6.42 Å². The Kier molecular flexibility index (Phi) is 6.27. The molecule has 2 N–H and O–H groups in total. The Bertz CT molecular complexity index is 986. The number of anilines is 1. The van der Waals surface area contributed by atoms with Gasteiger partial charge in [0, 0.05) is 13.5 Å². The average molecular weight is 443 g/mol. The number of rotatable bonds is 5. The highest BCUT2D eigenvalue weighted by atomic mass is 16.5. The lowest BCUT2D eigenvalue weighted by Gasteiger charge is -2.57. The zero-order valence-electron chi connectivity index (χ0n) is 20.3. The third-order valence-electron chi connectivity index (χ3n) is 8.57. The van der Waals surface area contributed by atoms with Crippen LogP contribution in [0.15, 0.2) is 16.5 Å². The summed E-state index contributed by atoms with van der Waals surface area (Å²) in [5.74, 6) is 2.10. The van der Waals surface area contributed by atoms with Crippen LogP contribution in [0.1, 0.15) is 76.6 Å². The molecule has 1 aromatic carbocycles. The smallest absolute Gasteiger partial charge is 0.340 e. The zero-order valence-corrected chi connectivity index (χ0v) is 20.3. The number of ether oxygens (including phenoxy) is 1. The van der Waals surface area contributed by atoms with Crippen LogP contribution in [0.25, 0.3) is 11.1 Å². The molecule has 0 amide bonds. The maximum Gasteiger partial charge on any atom is 0.340 e. The summed E-state index contributed by atoms with van der Waals surface area (Å²) in [5.41, 5.74) is 1.60. The van der Waals surface area contributed by atoms with E-state index in [9.17, 15) is 9.90 Å². The molecule has 2 fully saturated rings. The fourth-order valence-electron chi connectivity index (χ4n) is 6.64. The number of carboxylic acids is 1. The standard InChI is InChI=1S/C26H38N2O4/c1-7-19-18(14(2)10-11-26(19)16(4)12-15(3)17(5)32-26)13-22-28-24-21(31-22)9-8-20(27-6)23(24)25(29)30/h8-9,14-19,27H,7,10-13H2,1-6H3,(H,29,30)/t14?,15-,16-,17-,18+,19?,26?/m1/s1. The van der Waals surface area contributed by atoms with Crippen molar-refractivity contribution >= 4 is 22.8 Å². The molecule has 1 spiro atoms. The molecule has 0 radical (unpaired) electrons.